The van der Waals surface area contributed by atoms with Gasteiger partial charge >= 0.3 is 0 Å². The van der Waals surface area contributed by atoms with Crippen LogP contribution in [0.4, 0.5) is 0 Å². The van der Waals surface area contributed by atoms with E-state index in [9.17, 15) is 30.3 Å². The third-order valence-electron chi connectivity index (χ3n) is 14.2. The van der Waals surface area contributed by atoms with Crippen LogP contribution in [0.5, 0.6) is 0 Å². The van der Waals surface area contributed by atoms with E-state index < -0.39 is 49.5 Å². The predicted octanol–water partition coefficient (Wildman–Crippen LogP) is 16.0. The van der Waals surface area contributed by atoms with Crippen molar-refractivity contribution in [3.8, 4) is 0 Å². The quantitative estimate of drug-likeness (QED) is 0.0261. The highest BCUT2D eigenvalue weighted by Crippen LogP contribution is 2.23. The average molecular weight is 1050 g/mol. The molecule has 1 saturated heterocycles. The van der Waals surface area contributed by atoms with Crippen molar-refractivity contribution in [1.29, 1.82) is 0 Å². The van der Waals surface area contributed by atoms with Gasteiger partial charge in [-0.1, -0.05) is 272 Å². The van der Waals surface area contributed by atoms with E-state index in [1.165, 1.54) is 116 Å². The van der Waals surface area contributed by atoms with Crippen molar-refractivity contribution in [2.24, 2.45) is 0 Å². The van der Waals surface area contributed by atoms with E-state index in [4.69, 9.17) is 9.47 Å². The number of carbonyl (C=O) groups is 1. The van der Waals surface area contributed by atoms with Crippen LogP contribution in [0.3, 0.4) is 0 Å². The van der Waals surface area contributed by atoms with Gasteiger partial charge in [-0.05, 0) is 77.0 Å². The molecule has 1 aliphatic heterocycles. The smallest absolute Gasteiger partial charge is 0.220 e. The van der Waals surface area contributed by atoms with E-state index in [1.54, 1.807) is 0 Å². The molecule has 1 heterocycles. The molecule has 7 unspecified atom stereocenters. The van der Waals surface area contributed by atoms with Crippen LogP contribution in [0.15, 0.2) is 97.2 Å². The minimum Gasteiger partial charge on any atom is -0.394 e. The summed E-state index contributed by atoms with van der Waals surface area (Å²) in [6, 6.07) is -0.735. The van der Waals surface area contributed by atoms with Crippen LogP contribution >= 0.6 is 0 Å². The second kappa shape index (κ2) is 54.5. The summed E-state index contributed by atoms with van der Waals surface area (Å²) >= 11 is 0. The largest absolute Gasteiger partial charge is 0.394 e. The van der Waals surface area contributed by atoms with Gasteiger partial charge in [0, 0.05) is 6.42 Å². The average Bonchev–Trinajstić information content (AvgIpc) is 3.41. The molecule has 0 aromatic carbocycles. The SMILES string of the molecule is CC/C=C\C/C=C\C/C=C\C/C=C\C/C=C\C/C=C\C/C=C\C/C=C\CCCCCCCCC(=O)NC(COC1OC(CO)C(O)C(O)C1O)C(O)CCCCCCCCCCCCCCCCCCCCCCC. The molecule has 9 nitrogen and oxygen atoms in total. The number of aliphatic hydroxyl groups is 5. The summed E-state index contributed by atoms with van der Waals surface area (Å²) < 4.78 is 11.3. The highest BCUT2D eigenvalue weighted by molar-refractivity contribution is 5.76. The Morgan fingerprint density at radius 3 is 1.23 bits per heavy atom. The van der Waals surface area contributed by atoms with E-state index in [-0.39, 0.29) is 12.5 Å². The fourth-order valence-electron chi connectivity index (χ4n) is 9.35. The lowest BCUT2D eigenvalue weighted by Gasteiger charge is -2.40. The summed E-state index contributed by atoms with van der Waals surface area (Å²) in [6.07, 6.45) is 71.5. The Bertz CT molecular complexity index is 1500. The Balaban J connectivity index is 2.21. The summed E-state index contributed by atoms with van der Waals surface area (Å²) in [4.78, 5) is 13.1. The third-order valence-corrected chi connectivity index (χ3v) is 14.2. The molecule has 1 amide bonds. The Morgan fingerprint density at radius 2 is 0.827 bits per heavy atom. The van der Waals surface area contributed by atoms with Crippen LogP contribution in [0.25, 0.3) is 0 Å². The lowest BCUT2D eigenvalue weighted by atomic mass is 9.99. The van der Waals surface area contributed by atoms with Gasteiger partial charge in [-0.25, -0.2) is 0 Å². The number of rotatable bonds is 52. The fourth-order valence-corrected chi connectivity index (χ4v) is 9.35. The second-order valence-electron chi connectivity index (χ2n) is 21.1. The number of carbonyl (C=O) groups excluding carboxylic acids is 1. The number of allylic oxidation sites excluding steroid dienone is 16. The van der Waals surface area contributed by atoms with Gasteiger partial charge in [0.15, 0.2) is 6.29 Å². The molecular weight excluding hydrogens is 935 g/mol. The molecule has 0 aromatic heterocycles. The topological polar surface area (TPSA) is 149 Å². The zero-order valence-corrected chi connectivity index (χ0v) is 48.0. The van der Waals surface area contributed by atoms with Crippen molar-refractivity contribution >= 4 is 5.91 Å². The van der Waals surface area contributed by atoms with Crippen molar-refractivity contribution < 1.29 is 39.8 Å². The zero-order chi connectivity index (χ0) is 54.3. The number of nitrogens with one attached hydrogen (secondary N) is 1. The van der Waals surface area contributed by atoms with E-state index in [0.717, 1.165) is 116 Å². The van der Waals surface area contributed by atoms with Crippen molar-refractivity contribution in [3.63, 3.8) is 0 Å². The van der Waals surface area contributed by atoms with Crippen LogP contribution < -0.4 is 5.32 Å². The molecule has 1 aliphatic rings. The van der Waals surface area contributed by atoms with E-state index in [1.807, 2.05) is 0 Å². The van der Waals surface area contributed by atoms with Crippen molar-refractivity contribution in [2.75, 3.05) is 13.2 Å². The fraction of sp³-hybridized carbons (Fsp3) is 0.742. The molecular formula is C66H115NO8. The van der Waals surface area contributed by atoms with Gasteiger partial charge in [0.25, 0.3) is 0 Å². The molecule has 0 saturated carbocycles. The van der Waals surface area contributed by atoms with E-state index >= 15 is 0 Å². The molecule has 9 heteroatoms. The molecule has 0 radical (unpaired) electrons. The van der Waals surface area contributed by atoms with Crippen molar-refractivity contribution in [2.45, 2.75) is 301 Å². The lowest BCUT2D eigenvalue weighted by Crippen LogP contribution is -2.60. The van der Waals surface area contributed by atoms with Gasteiger partial charge < -0.3 is 40.3 Å². The van der Waals surface area contributed by atoms with Gasteiger partial charge in [0.1, 0.15) is 24.4 Å². The van der Waals surface area contributed by atoms with Gasteiger partial charge in [-0.2, -0.15) is 0 Å². The minimum absolute atomic E-state index is 0.149. The van der Waals surface area contributed by atoms with Crippen LogP contribution in [-0.2, 0) is 14.3 Å². The van der Waals surface area contributed by atoms with Crippen molar-refractivity contribution in [1.82, 2.24) is 5.32 Å². The Morgan fingerprint density at radius 1 is 0.467 bits per heavy atom. The van der Waals surface area contributed by atoms with E-state index in [0.29, 0.717) is 12.8 Å². The summed E-state index contributed by atoms with van der Waals surface area (Å²) in [5, 5.41) is 54.8. The van der Waals surface area contributed by atoms with Crippen LogP contribution in [-0.4, -0.2) is 87.5 Å². The predicted molar refractivity (Wildman–Crippen MR) is 318 cm³/mol. The molecule has 1 fully saturated rings. The molecule has 75 heavy (non-hydrogen) atoms. The number of aliphatic hydroxyl groups excluding tert-OH is 5. The molecule has 0 aliphatic carbocycles. The van der Waals surface area contributed by atoms with Crippen LogP contribution in [0, 0.1) is 0 Å². The lowest BCUT2D eigenvalue weighted by molar-refractivity contribution is -0.302. The molecule has 7 atom stereocenters. The number of unbranched alkanes of at least 4 members (excludes halogenated alkanes) is 26. The Hall–Kier alpha value is -2.89. The first kappa shape index (κ1) is 70.1. The third kappa shape index (κ3) is 43.7. The first-order valence-corrected chi connectivity index (χ1v) is 30.9. The summed E-state index contributed by atoms with van der Waals surface area (Å²) in [7, 11) is 0. The first-order chi connectivity index (χ1) is 36.8. The number of hydrogen-bond donors (Lipinski definition) is 6. The summed E-state index contributed by atoms with van der Waals surface area (Å²) in [5.74, 6) is -0.160. The van der Waals surface area contributed by atoms with Crippen molar-refractivity contribution in [3.05, 3.63) is 97.2 Å². The van der Waals surface area contributed by atoms with Gasteiger partial charge in [-0.15, -0.1) is 0 Å². The number of ether oxygens (including phenoxy) is 2. The maximum absolute atomic E-state index is 13.1. The number of amides is 1. The highest BCUT2D eigenvalue weighted by Gasteiger charge is 2.44. The zero-order valence-electron chi connectivity index (χ0n) is 48.0. The molecule has 1 rings (SSSR count). The summed E-state index contributed by atoms with van der Waals surface area (Å²) in [6.45, 7) is 3.73. The Labute approximate surface area is 460 Å². The minimum atomic E-state index is -1.56. The van der Waals surface area contributed by atoms with Gasteiger partial charge in [0.05, 0.1) is 25.4 Å². The molecule has 0 aromatic rings. The van der Waals surface area contributed by atoms with Gasteiger partial charge in [0.2, 0.25) is 5.91 Å². The normalized spacial score (nSPS) is 19.6. The molecule has 6 N–H and O–H groups in total. The van der Waals surface area contributed by atoms with Crippen LogP contribution in [0.1, 0.15) is 258 Å². The second-order valence-corrected chi connectivity index (χ2v) is 21.1. The standard InChI is InChI=1S/C66H115NO8/c1-3-5-7-9-11-13-15-17-19-21-23-25-26-27-28-29-30-31-32-33-34-36-38-40-42-44-46-48-50-52-54-56-62(70)67-59(58-74-66-65(73)64(72)63(71)61(57-68)75-66)60(69)55-53-51-49-47-45-43-41-39-37-35-24-22-20-18-16-14-12-10-8-6-4-2/h5,7,11,13,17,19,23,25,27-28,30-31,33-34,38,40,59-61,63-66,68-69,71-73H,3-4,6,8-10,12,14-16,18,20-22,24,26,29,32,35-37,39,41-58H2,1-2H3,(H,67,70)/b7-5-,13-11-,19-17-,25-23-,28-27-,31-30-,34-33-,40-38-. The van der Waals surface area contributed by atoms with Crippen LogP contribution in [0.2, 0.25) is 0 Å². The summed E-state index contributed by atoms with van der Waals surface area (Å²) in [5.41, 5.74) is 0. The monoisotopic (exact) mass is 1050 g/mol. The van der Waals surface area contributed by atoms with E-state index in [2.05, 4.69) is 116 Å². The molecule has 0 bridgehead atoms. The molecule has 432 valence electrons. The maximum Gasteiger partial charge on any atom is 0.220 e. The Kier molecular flexibility index (Phi) is 50.9. The first-order valence-electron chi connectivity index (χ1n) is 30.9. The maximum atomic E-state index is 13.1. The highest BCUT2D eigenvalue weighted by atomic mass is 16.7. The number of hydrogen-bond acceptors (Lipinski definition) is 8. The molecule has 0 spiro atoms. The van der Waals surface area contributed by atoms with Gasteiger partial charge in [-0.3, -0.25) is 4.79 Å².